The summed E-state index contributed by atoms with van der Waals surface area (Å²) in [6.45, 7) is 1.89. The Kier molecular flexibility index (Phi) is 6.24. The number of rotatable bonds is 7. The van der Waals surface area contributed by atoms with E-state index in [-0.39, 0.29) is 16.8 Å². The highest BCUT2D eigenvalue weighted by Crippen LogP contribution is 2.31. The van der Waals surface area contributed by atoms with E-state index in [1.807, 2.05) is 37.3 Å². The first-order chi connectivity index (χ1) is 13.8. The van der Waals surface area contributed by atoms with Crippen LogP contribution in [0.3, 0.4) is 0 Å². The normalized spacial score (nSPS) is 12.2. The molecule has 3 rings (SSSR count). The van der Waals surface area contributed by atoms with Gasteiger partial charge in [0.1, 0.15) is 10.6 Å². The number of methoxy groups -OCH3 is 1. The summed E-state index contributed by atoms with van der Waals surface area (Å²) in [5.74, 6) is 0.250. The van der Waals surface area contributed by atoms with Crippen molar-refractivity contribution < 1.29 is 17.9 Å². The zero-order valence-electron chi connectivity index (χ0n) is 16.3. The van der Waals surface area contributed by atoms with Gasteiger partial charge in [0.05, 0.1) is 23.7 Å². The van der Waals surface area contributed by atoms with E-state index < -0.39 is 10.0 Å². The highest BCUT2D eigenvalue weighted by Gasteiger charge is 2.26. The summed E-state index contributed by atoms with van der Waals surface area (Å²) < 4.78 is 32.2. The van der Waals surface area contributed by atoms with Gasteiger partial charge in [0.2, 0.25) is 0 Å². The van der Waals surface area contributed by atoms with Crippen LogP contribution in [0.5, 0.6) is 5.75 Å². The molecule has 1 aromatic heterocycles. The highest BCUT2D eigenvalue weighted by atomic mass is 32.2. The lowest BCUT2D eigenvalue weighted by Gasteiger charge is -2.21. The number of sulfonamides is 1. The predicted molar refractivity (Wildman–Crippen MR) is 115 cm³/mol. The van der Waals surface area contributed by atoms with Crippen LogP contribution in [0, 0.1) is 0 Å². The van der Waals surface area contributed by atoms with Gasteiger partial charge >= 0.3 is 0 Å². The van der Waals surface area contributed by atoms with Gasteiger partial charge in [-0.3, -0.25) is 9.10 Å². The quantitative estimate of drug-likeness (QED) is 0.613. The van der Waals surface area contributed by atoms with Gasteiger partial charge in [0.15, 0.2) is 0 Å². The van der Waals surface area contributed by atoms with E-state index >= 15 is 0 Å². The second-order valence-corrected chi connectivity index (χ2v) is 9.27. The smallest absolute Gasteiger partial charge is 0.264 e. The highest BCUT2D eigenvalue weighted by molar-refractivity contribution is 7.92. The Morgan fingerprint density at radius 1 is 1.07 bits per heavy atom. The number of carbonyl (C=O) groups is 1. The SMILES string of the molecule is COc1ccc(S(=O)(=O)N(C)c2ccsc2C(=O)N[C@@H](C)c2ccccc2)cc1. The van der Waals surface area contributed by atoms with Crippen molar-refractivity contribution in [2.45, 2.75) is 17.9 Å². The molecule has 6 nitrogen and oxygen atoms in total. The topological polar surface area (TPSA) is 75.7 Å². The van der Waals surface area contributed by atoms with Crippen molar-refractivity contribution in [1.82, 2.24) is 5.32 Å². The minimum Gasteiger partial charge on any atom is -0.497 e. The number of carbonyl (C=O) groups excluding carboxylic acids is 1. The van der Waals surface area contributed by atoms with Crippen molar-refractivity contribution in [1.29, 1.82) is 0 Å². The van der Waals surface area contributed by atoms with Crippen LogP contribution in [0.15, 0.2) is 70.9 Å². The zero-order valence-corrected chi connectivity index (χ0v) is 18.0. The average Bonchev–Trinajstić information content (AvgIpc) is 3.23. The molecule has 2 aromatic carbocycles. The molecule has 8 heteroatoms. The maximum absolute atomic E-state index is 13.0. The fourth-order valence-electron chi connectivity index (χ4n) is 2.84. The number of nitrogens with zero attached hydrogens (tertiary/aromatic N) is 1. The first-order valence-corrected chi connectivity index (χ1v) is 11.2. The molecule has 0 saturated heterocycles. The maximum Gasteiger partial charge on any atom is 0.264 e. The number of nitrogens with one attached hydrogen (secondary N) is 1. The Balaban J connectivity index is 1.83. The minimum atomic E-state index is -3.82. The third-order valence-corrected chi connectivity index (χ3v) is 7.24. The molecule has 152 valence electrons. The van der Waals surface area contributed by atoms with Crippen LogP contribution in [0.2, 0.25) is 0 Å². The molecule has 0 saturated carbocycles. The molecule has 0 aliphatic rings. The first kappa shape index (κ1) is 20.9. The molecule has 0 fully saturated rings. The van der Waals surface area contributed by atoms with Gasteiger partial charge in [-0.2, -0.15) is 0 Å². The van der Waals surface area contributed by atoms with Crippen molar-refractivity contribution in [3.05, 3.63) is 76.5 Å². The third kappa shape index (κ3) is 4.44. The predicted octanol–water partition coefficient (Wildman–Crippen LogP) is 4.07. The van der Waals surface area contributed by atoms with Gasteiger partial charge in [0, 0.05) is 7.05 Å². The number of amides is 1. The molecular weight excluding hydrogens is 408 g/mol. The Labute approximate surface area is 174 Å². The van der Waals surface area contributed by atoms with E-state index in [9.17, 15) is 13.2 Å². The van der Waals surface area contributed by atoms with Crippen LogP contribution in [-0.4, -0.2) is 28.5 Å². The second kappa shape index (κ2) is 8.67. The zero-order chi connectivity index (χ0) is 21.0. The summed E-state index contributed by atoms with van der Waals surface area (Å²) >= 11 is 1.20. The molecule has 0 unspecified atom stereocenters. The van der Waals surface area contributed by atoms with Gasteiger partial charge in [-0.25, -0.2) is 8.42 Å². The number of benzene rings is 2. The Bertz CT molecular complexity index is 1080. The van der Waals surface area contributed by atoms with E-state index in [0.717, 1.165) is 9.87 Å². The lowest BCUT2D eigenvalue weighted by Crippen LogP contribution is -2.30. The van der Waals surface area contributed by atoms with E-state index in [4.69, 9.17) is 4.74 Å². The summed E-state index contributed by atoms with van der Waals surface area (Å²) in [4.78, 5) is 13.3. The van der Waals surface area contributed by atoms with E-state index in [1.54, 1.807) is 23.6 Å². The molecule has 0 spiro atoms. The summed E-state index contributed by atoms with van der Waals surface area (Å²) in [7, 11) is -0.859. The number of anilines is 1. The molecule has 0 bridgehead atoms. The standard InChI is InChI=1S/C21H22N2O4S2/c1-15(16-7-5-4-6-8-16)22-21(24)20-19(13-14-28-20)23(2)29(25,26)18-11-9-17(27-3)10-12-18/h4-15H,1-3H3,(H,22,24)/t15-/m0/s1. The molecule has 1 N–H and O–H groups in total. The van der Waals surface area contributed by atoms with Gasteiger partial charge in [-0.05, 0) is 48.2 Å². The van der Waals surface area contributed by atoms with Crippen molar-refractivity contribution in [2.24, 2.45) is 0 Å². The van der Waals surface area contributed by atoms with E-state index in [0.29, 0.717) is 16.3 Å². The minimum absolute atomic E-state index is 0.121. The van der Waals surface area contributed by atoms with Crippen LogP contribution < -0.4 is 14.4 Å². The van der Waals surface area contributed by atoms with Crippen molar-refractivity contribution in [2.75, 3.05) is 18.5 Å². The Morgan fingerprint density at radius 3 is 2.34 bits per heavy atom. The summed E-state index contributed by atoms with van der Waals surface area (Å²) in [5.41, 5.74) is 1.31. The first-order valence-electron chi connectivity index (χ1n) is 8.91. The van der Waals surface area contributed by atoms with Crippen molar-refractivity contribution in [3.8, 4) is 5.75 Å². The van der Waals surface area contributed by atoms with Gasteiger partial charge in [0.25, 0.3) is 15.9 Å². The van der Waals surface area contributed by atoms with Crippen molar-refractivity contribution >= 4 is 33.0 Å². The molecule has 0 aliphatic heterocycles. The summed E-state index contributed by atoms with van der Waals surface area (Å²) in [6, 6.07) is 17.1. The van der Waals surface area contributed by atoms with E-state index in [1.165, 1.54) is 37.6 Å². The molecular formula is C21H22N2O4S2. The van der Waals surface area contributed by atoms with Gasteiger partial charge in [-0.15, -0.1) is 11.3 Å². The Hall–Kier alpha value is -2.84. The molecule has 29 heavy (non-hydrogen) atoms. The fourth-order valence-corrected chi connectivity index (χ4v) is 4.93. The van der Waals surface area contributed by atoms with Crippen LogP contribution in [-0.2, 0) is 10.0 Å². The molecule has 1 atom stereocenters. The van der Waals surface area contributed by atoms with Gasteiger partial charge in [-0.1, -0.05) is 30.3 Å². The van der Waals surface area contributed by atoms with Crippen molar-refractivity contribution in [3.63, 3.8) is 0 Å². The van der Waals surface area contributed by atoms with Gasteiger partial charge < -0.3 is 10.1 Å². The second-order valence-electron chi connectivity index (χ2n) is 6.39. The number of thiophene rings is 1. The average molecular weight is 431 g/mol. The summed E-state index contributed by atoms with van der Waals surface area (Å²) in [6.07, 6.45) is 0. The molecule has 1 heterocycles. The number of ether oxygens (including phenoxy) is 1. The monoisotopic (exact) mass is 430 g/mol. The number of hydrogen-bond acceptors (Lipinski definition) is 5. The lowest BCUT2D eigenvalue weighted by molar-refractivity contribution is 0.0944. The lowest BCUT2D eigenvalue weighted by atomic mass is 10.1. The van der Waals surface area contributed by atoms with E-state index in [2.05, 4.69) is 5.32 Å². The van der Waals surface area contributed by atoms with Crippen LogP contribution in [0.25, 0.3) is 0 Å². The largest absolute Gasteiger partial charge is 0.497 e. The van der Waals surface area contributed by atoms with Crippen LogP contribution in [0.1, 0.15) is 28.2 Å². The molecule has 3 aromatic rings. The Morgan fingerprint density at radius 2 is 1.72 bits per heavy atom. The summed E-state index contributed by atoms with van der Waals surface area (Å²) in [5, 5.41) is 4.64. The fraction of sp³-hybridized carbons (Fsp3) is 0.190. The third-order valence-electron chi connectivity index (χ3n) is 4.55. The number of hydrogen-bond donors (Lipinski definition) is 1. The molecule has 1 amide bonds. The maximum atomic E-state index is 13.0. The molecule has 0 aliphatic carbocycles. The molecule has 0 radical (unpaired) electrons. The van der Waals surface area contributed by atoms with Crippen LogP contribution in [0.4, 0.5) is 5.69 Å². The van der Waals surface area contributed by atoms with Crippen LogP contribution >= 0.6 is 11.3 Å².